The fourth-order valence-corrected chi connectivity index (χ4v) is 4.71. The molecule has 1 aromatic heterocycles. The molecule has 1 saturated heterocycles. The summed E-state index contributed by atoms with van der Waals surface area (Å²) >= 11 is 1.84. The molecule has 2 unspecified atom stereocenters. The number of nitrogens with one attached hydrogen (secondary N) is 2. The average molecular weight is 365 g/mol. The molecule has 2 aliphatic rings. The Morgan fingerprint density at radius 2 is 2.24 bits per heavy atom. The van der Waals surface area contributed by atoms with Crippen molar-refractivity contribution < 1.29 is 4.74 Å². The summed E-state index contributed by atoms with van der Waals surface area (Å²) in [5.74, 6) is 0.940. The Kier molecular flexibility index (Phi) is 7.13. The van der Waals surface area contributed by atoms with Crippen LogP contribution in [0.1, 0.15) is 49.9 Å². The van der Waals surface area contributed by atoms with Crippen LogP contribution in [0.15, 0.2) is 22.5 Å². The van der Waals surface area contributed by atoms with Gasteiger partial charge in [0.2, 0.25) is 0 Å². The van der Waals surface area contributed by atoms with Crippen molar-refractivity contribution in [2.45, 2.75) is 57.2 Å². The maximum atomic E-state index is 5.73. The molecule has 1 saturated carbocycles. The Balaban J connectivity index is 1.59. The van der Waals surface area contributed by atoms with E-state index in [0.717, 1.165) is 32.2 Å². The lowest BCUT2D eigenvalue weighted by atomic mass is 9.96. The highest BCUT2D eigenvalue weighted by Gasteiger charge is 2.26. The molecule has 2 atom stereocenters. The Morgan fingerprint density at radius 1 is 1.40 bits per heavy atom. The van der Waals surface area contributed by atoms with Gasteiger partial charge in [0.25, 0.3) is 0 Å². The monoisotopic (exact) mass is 364 g/mol. The first-order valence-corrected chi connectivity index (χ1v) is 10.5. The zero-order valence-corrected chi connectivity index (χ0v) is 16.4. The van der Waals surface area contributed by atoms with Crippen molar-refractivity contribution >= 4 is 17.3 Å². The van der Waals surface area contributed by atoms with Crippen LogP contribution in [0.2, 0.25) is 0 Å². The van der Waals surface area contributed by atoms with Crippen molar-refractivity contribution in [3.63, 3.8) is 0 Å². The number of aliphatic imine (C=N–C) groups is 1. The minimum atomic E-state index is 0.302. The molecule has 0 radical (unpaired) electrons. The number of hydrogen-bond acceptors (Lipinski definition) is 4. The SMILES string of the molecule is CN=C(NCC(c1cccs1)N1CCOC(C)C1)NC1CCCCC1. The fourth-order valence-electron chi connectivity index (χ4n) is 3.85. The van der Waals surface area contributed by atoms with Gasteiger partial charge in [-0.1, -0.05) is 25.3 Å². The second-order valence-electron chi connectivity index (χ2n) is 7.14. The van der Waals surface area contributed by atoms with Crippen LogP contribution >= 0.6 is 11.3 Å². The van der Waals surface area contributed by atoms with Gasteiger partial charge in [0, 0.05) is 37.6 Å². The highest BCUT2D eigenvalue weighted by Crippen LogP contribution is 2.26. The van der Waals surface area contributed by atoms with Gasteiger partial charge < -0.3 is 15.4 Å². The van der Waals surface area contributed by atoms with Gasteiger partial charge >= 0.3 is 0 Å². The van der Waals surface area contributed by atoms with E-state index in [1.165, 1.54) is 37.0 Å². The predicted molar refractivity (Wildman–Crippen MR) is 105 cm³/mol. The Labute approximate surface area is 155 Å². The third kappa shape index (κ3) is 5.43. The zero-order chi connectivity index (χ0) is 17.5. The second kappa shape index (κ2) is 9.55. The lowest BCUT2D eigenvalue weighted by molar-refractivity contribution is -0.0334. The minimum absolute atomic E-state index is 0.302. The van der Waals surface area contributed by atoms with E-state index in [1.54, 1.807) is 0 Å². The van der Waals surface area contributed by atoms with Gasteiger partial charge in [-0.2, -0.15) is 0 Å². The fraction of sp³-hybridized carbons (Fsp3) is 0.737. The summed E-state index contributed by atoms with van der Waals surface area (Å²) in [6.45, 7) is 5.83. The van der Waals surface area contributed by atoms with E-state index < -0.39 is 0 Å². The van der Waals surface area contributed by atoms with Gasteiger partial charge in [-0.25, -0.2) is 0 Å². The van der Waals surface area contributed by atoms with Crippen molar-refractivity contribution in [2.24, 2.45) is 4.99 Å². The summed E-state index contributed by atoms with van der Waals surface area (Å²) in [5, 5.41) is 9.37. The first-order chi connectivity index (χ1) is 12.3. The smallest absolute Gasteiger partial charge is 0.191 e. The van der Waals surface area contributed by atoms with E-state index >= 15 is 0 Å². The van der Waals surface area contributed by atoms with Crippen LogP contribution in [-0.4, -0.2) is 56.3 Å². The number of morpholine rings is 1. The van der Waals surface area contributed by atoms with Crippen LogP contribution in [-0.2, 0) is 4.74 Å². The van der Waals surface area contributed by atoms with E-state index in [-0.39, 0.29) is 0 Å². The number of ether oxygens (including phenoxy) is 1. The molecule has 0 bridgehead atoms. The van der Waals surface area contributed by atoms with Crippen LogP contribution in [0.3, 0.4) is 0 Å². The largest absolute Gasteiger partial charge is 0.376 e. The van der Waals surface area contributed by atoms with Crippen molar-refractivity contribution in [3.8, 4) is 0 Å². The number of thiophene rings is 1. The third-order valence-electron chi connectivity index (χ3n) is 5.22. The van der Waals surface area contributed by atoms with E-state index in [1.807, 2.05) is 18.4 Å². The molecule has 1 aliphatic heterocycles. The average Bonchev–Trinajstić information content (AvgIpc) is 3.16. The number of guanidine groups is 1. The molecule has 1 aromatic rings. The summed E-state index contributed by atoms with van der Waals surface area (Å²) in [4.78, 5) is 8.40. The van der Waals surface area contributed by atoms with Crippen LogP contribution in [0.5, 0.6) is 0 Å². The van der Waals surface area contributed by atoms with E-state index in [2.05, 4.69) is 45.0 Å². The van der Waals surface area contributed by atoms with E-state index in [0.29, 0.717) is 18.2 Å². The molecule has 0 spiro atoms. The van der Waals surface area contributed by atoms with E-state index in [4.69, 9.17) is 4.74 Å². The summed E-state index contributed by atoms with van der Waals surface area (Å²) in [5.41, 5.74) is 0. The Morgan fingerprint density at radius 3 is 2.92 bits per heavy atom. The van der Waals surface area contributed by atoms with Crippen LogP contribution in [0.25, 0.3) is 0 Å². The molecule has 140 valence electrons. The molecule has 0 aromatic carbocycles. The molecule has 2 fully saturated rings. The zero-order valence-electron chi connectivity index (χ0n) is 15.5. The van der Waals surface area contributed by atoms with Crippen LogP contribution in [0.4, 0.5) is 0 Å². The van der Waals surface area contributed by atoms with E-state index in [9.17, 15) is 0 Å². The summed E-state index contributed by atoms with van der Waals surface area (Å²) in [7, 11) is 1.87. The van der Waals surface area contributed by atoms with Gasteiger partial charge in [-0.05, 0) is 31.2 Å². The molecular formula is C19H32N4OS. The molecule has 2 heterocycles. The molecule has 3 rings (SSSR count). The maximum absolute atomic E-state index is 5.73. The first-order valence-electron chi connectivity index (χ1n) is 9.62. The molecule has 5 nitrogen and oxygen atoms in total. The van der Waals surface area contributed by atoms with Gasteiger partial charge in [0.15, 0.2) is 5.96 Å². The predicted octanol–water partition coefficient (Wildman–Crippen LogP) is 3.01. The lowest BCUT2D eigenvalue weighted by Gasteiger charge is -2.37. The second-order valence-corrected chi connectivity index (χ2v) is 8.12. The molecule has 25 heavy (non-hydrogen) atoms. The Hall–Kier alpha value is -1.11. The normalized spacial score (nSPS) is 24.9. The quantitative estimate of drug-likeness (QED) is 0.623. The van der Waals surface area contributed by atoms with Crippen LogP contribution < -0.4 is 10.6 Å². The highest BCUT2D eigenvalue weighted by molar-refractivity contribution is 7.10. The lowest BCUT2D eigenvalue weighted by Crippen LogP contribution is -2.49. The molecule has 1 aliphatic carbocycles. The van der Waals surface area contributed by atoms with Gasteiger partial charge in [-0.3, -0.25) is 9.89 Å². The van der Waals surface area contributed by atoms with Crippen molar-refractivity contribution in [1.29, 1.82) is 0 Å². The first kappa shape index (κ1) is 18.7. The molecular weight excluding hydrogens is 332 g/mol. The topological polar surface area (TPSA) is 48.9 Å². The number of rotatable bonds is 5. The highest BCUT2D eigenvalue weighted by atomic mass is 32.1. The molecule has 2 N–H and O–H groups in total. The number of hydrogen-bond donors (Lipinski definition) is 2. The summed E-state index contributed by atoms with van der Waals surface area (Å²) in [6, 6.07) is 5.33. The van der Waals surface area contributed by atoms with Crippen molar-refractivity contribution in [1.82, 2.24) is 15.5 Å². The van der Waals surface area contributed by atoms with Gasteiger partial charge in [0.1, 0.15) is 0 Å². The van der Waals surface area contributed by atoms with Crippen molar-refractivity contribution in [3.05, 3.63) is 22.4 Å². The Bertz CT molecular complexity index is 528. The maximum Gasteiger partial charge on any atom is 0.191 e. The van der Waals surface area contributed by atoms with Gasteiger partial charge in [-0.15, -0.1) is 11.3 Å². The summed E-state index contributed by atoms with van der Waals surface area (Å²) < 4.78 is 5.73. The number of nitrogens with zero attached hydrogens (tertiary/aromatic N) is 2. The summed E-state index contributed by atoms with van der Waals surface area (Å²) in [6.07, 6.45) is 6.86. The van der Waals surface area contributed by atoms with Crippen LogP contribution in [0, 0.1) is 0 Å². The minimum Gasteiger partial charge on any atom is -0.376 e. The van der Waals surface area contributed by atoms with Crippen molar-refractivity contribution in [2.75, 3.05) is 33.3 Å². The molecule has 6 heteroatoms. The van der Waals surface area contributed by atoms with Gasteiger partial charge in [0.05, 0.1) is 18.8 Å². The molecule has 0 amide bonds. The standard InChI is InChI=1S/C19H32N4OS/c1-15-14-23(10-11-24-15)17(18-9-6-12-25-18)13-21-19(20-2)22-16-7-4-3-5-8-16/h6,9,12,15-17H,3-5,7-8,10-11,13-14H2,1-2H3,(H2,20,21,22). The third-order valence-corrected chi connectivity index (χ3v) is 6.19.